The number of aromatic nitrogens is 2. The summed E-state index contributed by atoms with van der Waals surface area (Å²) < 4.78 is 27.0. The van der Waals surface area contributed by atoms with Crippen LogP contribution in [-0.4, -0.2) is 47.5 Å². The quantitative estimate of drug-likeness (QED) is 0.669. The molecule has 3 aromatic rings. The molecule has 0 spiro atoms. The maximum absolute atomic E-state index is 12.3. The van der Waals surface area contributed by atoms with Crippen LogP contribution < -0.4 is 10.6 Å². The van der Waals surface area contributed by atoms with E-state index in [1.165, 1.54) is 10.6 Å². The number of benzene rings is 1. The van der Waals surface area contributed by atoms with Gasteiger partial charge in [-0.05, 0) is 35.7 Å². The van der Waals surface area contributed by atoms with Crippen molar-refractivity contribution >= 4 is 27.4 Å². The fraction of sp³-hybridized carbons (Fsp3) is 0.300. The summed E-state index contributed by atoms with van der Waals surface area (Å²) in [7, 11) is -3.23. The molecule has 0 saturated carbocycles. The molecule has 29 heavy (non-hydrogen) atoms. The number of imidazole rings is 1. The highest BCUT2D eigenvalue weighted by Crippen LogP contribution is 2.27. The second-order valence-corrected chi connectivity index (χ2v) is 9.10. The summed E-state index contributed by atoms with van der Waals surface area (Å²) in [6.07, 6.45) is 6.31. The van der Waals surface area contributed by atoms with E-state index in [4.69, 9.17) is 0 Å². The number of anilines is 1. The van der Waals surface area contributed by atoms with Crippen molar-refractivity contribution in [2.75, 3.05) is 24.7 Å². The number of hydrogen-bond acceptors (Lipinski definition) is 4. The first-order valence-electron chi connectivity index (χ1n) is 9.43. The van der Waals surface area contributed by atoms with E-state index in [2.05, 4.69) is 15.6 Å². The number of carbonyl (C=O) groups excluding carboxylic acids is 1. The summed E-state index contributed by atoms with van der Waals surface area (Å²) in [5, 5.41) is 5.75. The van der Waals surface area contributed by atoms with Crippen LogP contribution in [0, 0.1) is 0 Å². The minimum atomic E-state index is -3.23. The van der Waals surface area contributed by atoms with Gasteiger partial charge in [-0.15, -0.1) is 0 Å². The summed E-state index contributed by atoms with van der Waals surface area (Å²) in [5.41, 5.74) is 4.42. The molecule has 0 atom stereocenters. The Morgan fingerprint density at radius 1 is 1.21 bits per heavy atom. The van der Waals surface area contributed by atoms with Crippen molar-refractivity contribution in [2.24, 2.45) is 0 Å². The van der Waals surface area contributed by atoms with Crippen LogP contribution in [0.1, 0.15) is 16.8 Å². The lowest BCUT2D eigenvalue weighted by Crippen LogP contribution is -2.36. The Bertz CT molecular complexity index is 1120. The average molecular weight is 414 g/mol. The Labute approximate surface area is 169 Å². The Morgan fingerprint density at radius 2 is 2.07 bits per heavy atom. The first-order chi connectivity index (χ1) is 13.9. The van der Waals surface area contributed by atoms with Crippen molar-refractivity contribution in [2.45, 2.75) is 19.4 Å². The second-order valence-electron chi connectivity index (χ2n) is 7.12. The highest BCUT2D eigenvalue weighted by molar-refractivity contribution is 7.88. The summed E-state index contributed by atoms with van der Waals surface area (Å²) in [4.78, 5) is 16.8. The van der Waals surface area contributed by atoms with Crippen LogP contribution in [0.3, 0.4) is 0 Å². The van der Waals surface area contributed by atoms with E-state index in [-0.39, 0.29) is 6.03 Å². The number of sulfonamides is 1. The molecule has 0 fully saturated rings. The topological polar surface area (TPSA) is 95.8 Å². The first-order valence-corrected chi connectivity index (χ1v) is 11.3. The first kappa shape index (κ1) is 19.4. The van der Waals surface area contributed by atoms with Gasteiger partial charge in [-0.25, -0.2) is 18.2 Å². The molecule has 1 aromatic carbocycles. The standard InChI is InChI=1S/C20H23N5O3S/c1-29(27,28)25-12-9-17-15(13-25)5-4-6-18(17)23-20(26)21-10-8-16-14-24-11-3-2-7-19(24)22-16/h2-7,11,14H,8-10,12-13H2,1H3,(H2,21,23,26). The molecule has 2 amide bonds. The zero-order valence-corrected chi connectivity index (χ0v) is 16.9. The number of nitrogens with zero attached hydrogens (tertiary/aromatic N) is 3. The van der Waals surface area contributed by atoms with Gasteiger partial charge < -0.3 is 15.0 Å². The number of hydrogen-bond donors (Lipinski definition) is 2. The lowest BCUT2D eigenvalue weighted by atomic mass is 9.99. The number of pyridine rings is 1. The minimum Gasteiger partial charge on any atom is -0.337 e. The lowest BCUT2D eigenvalue weighted by Gasteiger charge is -2.28. The van der Waals surface area contributed by atoms with Crippen molar-refractivity contribution < 1.29 is 13.2 Å². The van der Waals surface area contributed by atoms with Gasteiger partial charge in [0.25, 0.3) is 0 Å². The predicted molar refractivity (Wildman–Crippen MR) is 111 cm³/mol. The zero-order chi connectivity index (χ0) is 20.4. The smallest absolute Gasteiger partial charge is 0.319 e. The minimum absolute atomic E-state index is 0.285. The average Bonchev–Trinajstić information content (AvgIpc) is 3.10. The monoisotopic (exact) mass is 413 g/mol. The molecule has 0 saturated heterocycles. The maximum Gasteiger partial charge on any atom is 0.319 e. The Hall–Kier alpha value is -2.91. The van der Waals surface area contributed by atoms with Crippen molar-refractivity contribution in [3.8, 4) is 0 Å². The number of fused-ring (bicyclic) bond motifs is 2. The van der Waals surface area contributed by atoms with Gasteiger partial charge in [-0.1, -0.05) is 18.2 Å². The summed E-state index contributed by atoms with van der Waals surface area (Å²) in [6, 6.07) is 11.1. The van der Waals surface area contributed by atoms with Crippen molar-refractivity contribution in [1.29, 1.82) is 0 Å². The fourth-order valence-corrected chi connectivity index (χ4v) is 4.36. The molecule has 0 unspecified atom stereocenters. The van der Waals surface area contributed by atoms with Crippen molar-refractivity contribution in [1.82, 2.24) is 19.0 Å². The molecule has 1 aliphatic rings. The normalized spacial score (nSPS) is 14.5. The van der Waals surface area contributed by atoms with Gasteiger partial charge in [0.2, 0.25) is 10.0 Å². The fourth-order valence-electron chi connectivity index (χ4n) is 3.56. The Kier molecular flexibility index (Phi) is 5.25. The molecule has 2 aromatic heterocycles. The van der Waals surface area contributed by atoms with Crippen LogP contribution in [0.15, 0.2) is 48.8 Å². The van der Waals surface area contributed by atoms with Gasteiger partial charge in [0, 0.05) is 44.1 Å². The Balaban J connectivity index is 1.35. The van der Waals surface area contributed by atoms with Crippen molar-refractivity contribution in [3.63, 3.8) is 0 Å². The van der Waals surface area contributed by atoms with Crippen LogP contribution in [0.4, 0.5) is 10.5 Å². The largest absolute Gasteiger partial charge is 0.337 e. The predicted octanol–water partition coefficient (Wildman–Crippen LogP) is 2.02. The third-order valence-corrected chi connectivity index (χ3v) is 6.28. The molecular formula is C20H23N5O3S. The second kappa shape index (κ2) is 7.84. The lowest BCUT2D eigenvalue weighted by molar-refractivity contribution is 0.252. The molecule has 2 N–H and O–H groups in total. The van der Waals surface area contributed by atoms with E-state index in [1.54, 1.807) is 0 Å². The number of amides is 2. The van der Waals surface area contributed by atoms with Crippen LogP contribution >= 0.6 is 0 Å². The number of nitrogens with one attached hydrogen (secondary N) is 2. The third kappa shape index (κ3) is 4.41. The van der Waals surface area contributed by atoms with Crippen LogP contribution in [-0.2, 0) is 29.4 Å². The molecular weight excluding hydrogens is 390 g/mol. The van der Waals surface area contributed by atoms with E-state index < -0.39 is 10.0 Å². The Morgan fingerprint density at radius 3 is 2.86 bits per heavy atom. The van der Waals surface area contributed by atoms with Crippen molar-refractivity contribution in [3.05, 3.63) is 65.6 Å². The number of carbonyl (C=O) groups is 1. The van der Waals surface area contributed by atoms with Crippen LogP contribution in [0.2, 0.25) is 0 Å². The number of rotatable bonds is 5. The van der Waals surface area contributed by atoms with Gasteiger partial charge in [0.15, 0.2) is 0 Å². The molecule has 8 nitrogen and oxygen atoms in total. The SMILES string of the molecule is CS(=O)(=O)N1CCc2c(cccc2NC(=O)NCCc2cn3ccccc3n2)C1. The molecule has 1 aliphatic heterocycles. The molecule has 0 bridgehead atoms. The van der Waals surface area contributed by atoms with Gasteiger partial charge in [0.05, 0.1) is 11.9 Å². The molecule has 152 valence electrons. The number of urea groups is 1. The van der Waals surface area contributed by atoms with E-state index in [9.17, 15) is 13.2 Å². The summed E-state index contributed by atoms with van der Waals surface area (Å²) >= 11 is 0. The van der Waals surface area contributed by atoms with E-state index >= 15 is 0 Å². The van der Waals surface area contributed by atoms with E-state index in [1.807, 2.05) is 53.2 Å². The zero-order valence-electron chi connectivity index (χ0n) is 16.1. The highest BCUT2D eigenvalue weighted by Gasteiger charge is 2.24. The molecule has 3 heterocycles. The van der Waals surface area contributed by atoms with Gasteiger partial charge >= 0.3 is 6.03 Å². The van der Waals surface area contributed by atoms with Crippen LogP contribution in [0.25, 0.3) is 5.65 Å². The molecule has 4 rings (SSSR count). The third-order valence-electron chi connectivity index (χ3n) is 5.03. The highest BCUT2D eigenvalue weighted by atomic mass is 32.2. The maximum atomic E-state index is 12.3. The molecule has 0 aliphatic carbocycles. The van der Waals surface area contributed by atoms with E-state index in [0.29, 0.717) is 32.5 Å². The van der Waals surface area contributed by atoms with Gasteiger partial charge in [-0.2, -0.15) is 4.31 Å². The van der Waals surface area contributed by atoms with Gasteiger partial charge in [-0.3, -0.25) is 0 Å². The van der Waals surface area contributed by atoms with Gasteiger partial charge in [0.1, 0.15) is 5.65 Å². The summed E-state index contributed by atoms with van der Waals surface area (Å²) in [5.74, 6) is 0. The molecule has 0 radical (unpaired) electrons. The van der Waals surface area contributed by atoms with Crippen LogP contribution in [0.5, 0.6) is 0 Å². The van der Waals surface area contributed by atoms with E-state index in [0.717, 1.165) is 28.2 Å². The molecule has 9 heteroatoms. The summed E-state index contributed by atoms with van der Waals surface area (Å²) in [6.45, 7) is 1.21.